The molecule has 0 radical (unpaired) electrons. The maximum Gasteiger partial charge on any atom is 0.258 e. The zero-order chi connectivity index (χ0) is 23.0. The number of aryl methyl sites for hydroxylation is 2. The molecule has 5 nitrogen and oxygen atoms in total. The maximum atomic E-state index is 12.9. The third kappa shape index (κ3) is 6.43. The van der Waals surface area contributed by atoms with Crippen LogP contribution in [0, 0.1) is 13.8 Å². The van der Waals surface area contributed by atoms with Gasteiger partial charge in [0.15, 0.2) is 0 Å². The second-order valence-electron chi connectivity index (χ2n) is 7.75. The molecule has 0 saturated carbocycles. The summed E-state index contributed by atoms with van der Waals surface area (Å²) in [5, 5.41) is 3.68. The van der Waals surface area contributed by atoms with Crippen LogP contribution < -0.4 is 10.1 Å². The smallest absolute Gasteiger partial charge is 0.258 e. The predicted octanol–water partition coefficient (Wildman–Crippen LogP) is 6.22. The molecule has 2 heterocycles. The van der Waals surface area contributed by atoms with E-state index in [0.717, 1.165) is 27.9 Å². The van der Waals surface area contributed by atoms with Gasteiger partial charge in [-0.15, -0.1) is 11.8 Å². The van der Waals surface area contributed by atoms with Crippen molar-refractivity contribution in [3.8, 4) is 5.88 Å². The largest absolute Gasteiger partial charge is 0.473 e. The van der Waals surface area contributed by atoms with Crippen LogP contribution in [0.5, 0.6) is 5.88 Å². The summed E-state index contributed by atoms with van der Waals surface area (Å²) in [6.45, 7) is 4.49. The molecule has 0 unspecified atom stereocenters. The van der Waals surface area contributed by atoms with E-state index in [1.807, 2.05) is 68.4 Å². The molecule has 6 heteroatoms. The van der Waals surface area contributed by atoms with Crippen molar-refractivity contribution >= 4 is 23.4 Å². The van der Waals surface area contributed by atoms with Crippen LogP contribution in [0.3, 0.4) is 0 Å². The van der Waals surface area contributed by atoms with Gasteiger partial charge < -0.3 is 10.1 Å². The second kappa shape index (κ2) is 10.8. The highest BCUT2D eigenvalue weighted by Crippen LogP contribution is 2.26. The quantitative estimate of drug-likeness (QED) is 0.320. The standard InChI is InChI=1S/C27H25N3O2S/c1-19-13-20(2)15-23(14-19)30-26(31)24-9-6-11-29-27(24)33-18-22-10-12-28-25(16-22)32-17-21-7-4-3-5-8-21/h3-16H,17-18H2,1-2H3,(H,30,31). The highest BCUT2D eigenvalue weighted by Gasteiger charge is 2.14. The number of pyridine rings is 2. The zero-order valence-electron chi connectivity index (χ0n) is 18.6. The number of rotatable bonds is 8. The fourth-order valence-electron chi connectivity index (χ4n) is 3.43. The normalized spacial score (nSPS) is 10.6. The van der Waals surface area contributed by atoms with Gasteiger partial charge in [-0.1, -0.05) is 36.4 Å². The first-order valence-electron chi connectivity index (χ1n) is 10.7. The summed E-state index contributed by atoms with van der Waals surface area (Å²) in [6.07, 6.45) is 3.44. The number of amides is 1. The van der Waals surface area contributed by atoms with Gasteiger partial charge in [0.2, 0.25) is 5.88 Å². The summed E-state index contributed by atoms with van der Waals surface area (Å²) in [4.78, 5) is 21.7. The van der Waals surface area contributed by atoms with E-state index in [-0.39, 0.29) is 5.91 Å². The van der Waals surface area contributed by atoms with Crippen molar-refractivity contribution in [3.05, 3.63) is 113 Å². The molecule has 2 aromatic carbocycles. The number of thioether (sulfide) groups is 1. The molecule has 4 aromatic rings. The number of carbonyl (C=O) groups excluding carboxylic acids is 1. The number of nitrogens with zero attached hydrogens (tertiary/aromatic N) is 2. The van der Waals surface area contributed by atoms with E-state index in [4.69, 9.17) is 4.74 Å². The minimum atomic E-state index is -0.169. The molecule has 0 atom stereocenters. The lowest BCUT2D eigenvalue weighted by atomic mass is 10.1. The molecule has 1 amide bonds. The Hall–Kier alpha value is -3.64. The van der Waals surface area contributed by atoms with Gasteiger partial charge in [-0.25, -0.2) is 9.97 Å². The van der Waals surface area contributed by atoms with Crippen molar-refractivity contribution in [2.24, 2.45) is 0 Å². The fourth-order valence-corrected chi connectivity index (χ4v) is 4.36. The number of anilines is 1. The second-order valence-corrected chi connectivity index (χ2v) is 8.72. The Balaban J connectivity index is 1.41. The van der Waals surface area contributed by atoms with E-state index in [1.165, 1.54) is 11.8 Å². The molecule has 0 aliphatic rings. The Morgan fingerprint density at radius 1 is 0.879 bits per heavy atom. The van der Waals surface area contributed by atoms with Gasteiger partial charge in [0.1, 0.15) is 11.6 Å². The molecule has 0 fully saturated rings. The lowest BCUT2D eigenvalue weighted by Crippen LogP contribution is -2.14. The summed E-state index contributed by atoms with van der Waals surface area (Å²) < 4.78 is 5.83. The Bertz CT molecular complexity index is 1220. The third-order valence-electron chi connectivity index (χ3n) is 4.90. The molecule has 166 valence electrons. The number of nitrogens with one attached hydrogen (secondary N) is 1. The van der Waals surface area contributed by atoms with Gasteiger partial charge in [0, 0.05) is 29.9 Å². The molecular formula is C27H25N3O2S. The number of hydrogen-bond donors (Lipinski definition) is 1. The number of carbonyl (C=O) groups is 1. The molecule has 1 N–H and O–H groups in total. The van der Waals surface area contributed by atoms with Gasteiger partial charge in [0.05, 0.1) is 5.56 Å². The fraction of sp³-hybridized carbons (Fsp3) is 0.148. The molecule has 33 heavy (non-hydrogen) atoms. The van der Waals surface area contributed by atoms with Crippen molar-refractivity contribution < 1.29 is 9.53 Å². The van der Waals surface area contributed by atoms with E-state index in [2.05, 4.69) is 21.4 Å². The molecule has 4 rings (SSSR count). The van der Waals surface area contributed by atoms with E-state index in [1.54, 1.807) is 24.5 Å². The van der Waals surface area contributed by atoms with Crippen LogP contribution >= 0.6 is 11.8 Å². The molecule has 2 aromatic heterocycles. The summed E-state index contributed by atoms with van der Waals surface area (Å²) >= 11 is 1.51. The lowest BCUT2D eigenvalue weighted by molar-refractivity contribution is 0.102. The molecule has 0 saturated heterocycles. The minimum absolute atomic E-state index is 0.169. The van der Waals surface area contributed by atoms with Crippen LogP contribution in [-0.4, -0.2) is 15.9 Å². The number of hydrogen-bond acceptors (Lipinski definition) is 5. The van der Waals surface area contributed by atoms with Crippen molar-refractivity contribution in [3.63, 3.8) is 0 Å². The molecule has 0 aliphatic carbocycles. The van der Waals surface area contributed by atoms with Crippen molar-refractivity contribution in [2.75, 3.05) is 5.32 Å². The summed E-state index contributed by atoms with van der Waals surface area (Å²) in [6, 6.07) is 23.4. The zero-order valence-corrected chi connectivity index (χ0v) is 19.4. The van der Waals surface area contributed by atoms with Gasteiger partial charge in [-0.3, -0.25) is 4.79 Å². The van der Waals surface area contributed by atoms with Crippen molar-refractivity contribution in [1.82, 2.24) is 9.97 Å². The average molecular weight is 456 g/mol. The third-order valence-corrected chi connectivity index (χ3v) is 5.98. The lowest BCUT2D eigenvalue weighted by Gasteiger charge is -2.11. The molecule has 0 bridgehead atoms. The topological polar surface area (TPSA) is 64.1 Å². The van der Waals surface area contributed by atoms with E-state index >= 15 is 0 Å². The Morgan fingerprint density at radius 2 is 1.67 bits per heavy atom. The number of ether oxygens (including phenoxy) is 1. The van der Waals surface area contributed by atoms with Crippen LogP contribution in [-0.2, 0) is 12.4 Å². The number of aromatic nitrogens is 2. The van der Waals surface area contributed by atoms with Gasteiger partial charge in [-0.2, -0.15) is 0 Å². The average Bonchev–Trinajstić information content (AvgIpc) is 2.82. The van der Waals surface area contributed by atoms with Crippen molar-refractivity contribution in [2.45, 2.75) is 31.2 Å². The highest BCUT2D eigenvalue weighted by atomic mass is 32.2. The Kier molecular flexibility index (Phi) is 7.37. The van der Waals surface area contributed by atoms with Crippen LogP contribution in [0.4, 0.5) is 5.69 Å². The first-order valence-corrected chi connectivity index (χ1v) is 11.6. The Morgan fingerprint density at radius 3 is 2.45 bits per heavy atom. The monoisotopic (exact) mass is 455 g/mol. The van der Waals surface area contributed by atoms with Gasteiger partial charge in [-0.05, 0) is 66.4 Å². The van der Waals surface area contributed by atoms with Crippen LogP contribution in [0.25, 0.3) is 0 Å². The first-order chi connectivity index (χ1) is 16.1. The molecule has 0 aliphatic heterocycles. The Labute approximate surface area is 198 Å². The summed E-state index contributed by atoms with van der Waals surface area (Å²) in [5.41, 5.74) is 5.68. The SMILES string of the molecule is Cc1cc(C)cc(NC(=O)c2cccnc2SCc2ccnc(OCc3ccccc3)c2)c1. The summed E-state index contributed by atoms with van der Waals surface area (Å²) in [7, 11) is 0. The first kappa shape index (κ1) is 22.6. The van der Waals surface area contributed by atoms with Crippen molar-refractivity contribution in [1.29, 1.82) is 0 Å². The van der Waals surface area contributed by atoms with E-state index in [0.29, 0.717) is 28.8 Å². The van der Waals surface area contributed by atoms with Crippen LogP contribution in [0.2, 0.25) is 0 Å². The van der Waals surface area contributed by atoms with E-state index < -0.39 is 0 Å². The van der Waals surface area contributed by atoms with Crippen LogP contribution in [0.15, 0.2) is 90.2 Å². The number of benzene rings is 2. The minimum Gasteiger partial charge on any atom is -0.473 e. The van der Waals surface area contributed by atoms with Gasteiger partial charge in [0.25, 0.3) is 5.91 Å². The maximum absolute atomic E-state index is 12.9. The van der Waals surface area contributed by atoms with E-state index in [9.17, 15) is 4.79 Å². The molecular weight excluding hydrogens is 430 g/mol. The van der Waals surface area contributed by atoms with Crippen LogP contribution in [0.1, 0.15) is 32.6 Å². The van der Waals surface area contributed by atoms with Gasteiger partial charge >= 0.3 is 0 Å². The molecule has 0 spiro atoms. The predicted molar refractivity (Wildman–Crippen MR) is 133 cm³/mol. The summed E-state index contributed by atoms with van der Waals surface area (Å²) in [5.74, 6) is 1.05. The highest BCUT2D eigenvalue weighted by molar-refractivity contribution is 7.98.